The number of methoxy groups -OCH3 is 1. The topological polar surface area (TPSA) is 51.1 Å². The minimum Gasteiger partial charge on any atom is -0.383 e. The lowest BCUT2D eigenvalue weighted by Gasteiger charge is -2.11. The van der Waals surface area contributed by atoms with Gasteiger partial charge < -0.3 is 15.4 Å². The van der Waals surface area contributed by atoms with Crippen LogP contribution in [0, 0.1) is 0 Å². The summed E-state index contributed by atoms with van der Waals surface area (Å²) in [5, 5.41) is 11.0. The molecule has 2 N–H and O–H groups in total. The fourth-order valence-electron chi connectivity index (χ4n) is 1.16. The van der Waals surface area contributed by atoms with Gasteiger partial charge in [0.05, 0.1) is 25.0 Å². The lowest BCUT2D eigenvalue weighted by Crippen LogP contribution is -2.33. The molecule has 1 aromatic rings. The highest BCUT2D eigenvalue weighted by molar-refractivity contribution is 7.80. The van der Waals surface area contributed by atoms with Crippen LogP contribution >= 0.6 is 12.2 Å². The summed E-state index contributed by atoms with van der Waals surface area (Å²) in [5.41, 5.74) is 0.884. The first-order chi connectivity index (χ1) is 7.61. The van der Waals surface area contributed by atoms with E-state index in [1.54, 1.807) is 13.3 Å². The van der Waals surface area contributed by atoms with E-state index >= 15 is 0 Å². The number of aromatic nitrogens is 2. The van der Waals surface area contributed by atoms with Crippen molar-refractivity contribution in [3.8, 4) is 0 Å². The van der Waals surface area contributed by atoms with Crippen LogP contribution in [0.2, 0.25) is 0 Å². The van der Waals surface area contributed by atoms with E-state index in [0.717, 1.165) is 12.2 Å². The van der Waals surface area contributed by atoms with Crippen molar-refractivity contribution in [3.63, 3.8) is 0 Å². The minimum absolute atomic E-state index is 0.323. The molecule has 0 saturated carbocycles. The Hall–Kier alpha value is -1.14. The summed E-state index contributed by atoms with van der Waals surface area (Å²) in [6, 6.07) is 0.323. The molecule has 6 heteroatoms. The highest BCUT2D eigenvalue weighted by atomic mass is 32.1. The van der Waals surface area contributed by atoms with E-state index in [1.807, 2.05) is 24.7 Å². The Balaban J connectivity index is 2.42. The summed E-state index contributed by atoms with van der Waals surface area (Å²) < 4.78 is 6.78. The van der Waals surface area contributed by atoms with E-state index in [2.05, 4.69) is 15.7 Å². The number of anilines is 1. The molecule has 0 bridgehead atoms. The fourth-order valence-corrected chi connectivity index (χ4v) is 1.52. The number of thiocarbonyl (C=S) groups is 1. The Morgan fingerprint density at radius 1 is 1.62 bits per heavy atom. The minimum atomic E-state index is 0.323. The molecule has 16 heavy (non-hydrogen) atoms. The first kappa shape index (κ1) is 12.9. The second kappa shape index (κ2) is 6.44. The molecule has 0 radical (unpaired) electrons. The van der Waals surface area contributed by atoms with Gasteiger partial charge >= 0.3 is 0 Å². The Bertz CT molecular complexity index is 337. The van der Waals surface area contributed by atoms with Crippen molar-refractivity contribution in [2.24, 2.45) is 0 Å². The third-order valence-electron chi connectivity index (χ3n) is 1.84. The first-order valence-corrected chi connectivity index (χ1v) is 5.61. The van der Waals surface area contributed by atoms with Crippen molar-refractivity contribution in [1.29, 1.82) is 0 Å². The van der Waals surface area contributed by atoms with Crippen LogP contribution in [0.5, 0.6) is 0 Å². The highest BCUT2D eigenvalue weighted by Crippen LogP contribution is 2.04. The van der Waals surface area contributed by atoms with E-state index in [0.29, 0.717) is 17.8 Å². The smallest absolute Gasteiger partial charge is 0.171 e. The van der Waals surface area contributed by atoms with Gasteiger partial charge in [-0.05, 0) is 26.1 Å². The van der Waals surface area contributed by atoms with Gasteiger partial charge in [-0.25, -0.2) is 0 Å². The number of hydrogen-bond acceptors (Lipinski definition) is 3. The van der Waals surface area contributed by atoms with E-state index in [9.17, 15) is 0 Å². The lowest BCUT2D eigenvalue weighted by molar-refractivity contribution is 0.183. The number of nitrogens with one attached hydrogen (secondary N) is 2. The molecule has 90 valence electrons. The molecule has 1 heterocycles. The summed E-state index contributed by atoms with van der Waals surface area (Å²) in [5.74, 6) is 0. The molecule has 0 aliphatic carbocycles. The van der Waals surface area contributed by atoms with Gasteiger partial charge in [0.15, 0.2) is 5.11 Å². The number of ether oxygens (including phenoxy) is 1. The van der Waals surface area contributed by atoms with E-state index < -0.39 is 0 Å². The van der Waals surface area contributed by atoms with Crippen LogP contribution in [0.15, 0.2) is 12.4 Å². The zero-order valence-electron chi connectivity index (χ0n) is 9.86. The molecule has 1 aromatic heterocycles. The SMILES string of the molecule is COCCn1cc(NC(=S)NC(C)C)cn1. The van der Waals surface area contributed by atoms with Crippen LogP contribution in [0.25, 0.3) is 0 Å². The van der Waals surface area contributed by atoms with Gasteiger partial charge in [0.25, 0.3) is 0 Å². The third kappa shape index (κ3) is 4.59. The normalized spacial score (nSPS) is 10.5. The van der Waals surface area contributed by atoms with Gasteiger partial charge in [-0.2, -0.15) is 5.10 Å². The molecule has 0 aliphatic rings. The van der Waals surface area contributed by atoms with Gasteiger partial charge in [0.2, 0.25) is 0 Å². The van der Waals surface area contributed by atoms with Crippen molar-refractivity contribution in [3.05, 3.63) is 12.4 Å². The maximum atomic E-state index is 5.13. The Labute approximate surface area is 101 Å². The van der Waals surface area contributed by atoms with Crippen LogP contribution in [-0.4, -0.2) is 34.7 Å². The van der Waals surface area contributed by atoms with Crippen LogP contribution in [0.4, 0.5) is 5.69 Å². The summed E-state index contributed by atoms with van der Waals surface area (Å²) in [7, 11) is 1.67. The quantitative estimate of drug-likeness (QED) is 0.761. The number of rotatable bonds is 5. The average Bonchev–Trinajstić information content (AvgIpc) is 2.61. The molecule has 0 atom stereocenters. The van der Waals surface area contributed by atoms with Crippen molar-refractivity contribution in [2.75, 3.05) is 19.0 Å². The van der Waals surface area contributed by atoms with Crippen LogP contribution < -0.4 is 10.6 Å². The van der Waals surface area contributed by atoms with Crippen LogP contribution in [-0.2, 0) is 11.3 Å². The van der Waals surface area contributed by atoms with Crippen molar-refractivity contribution < 1.29 is 4.74 Å². The molecule has 0 amide bonds. The average molecular weight is 242 g/mol. The van der Waals surface area contributed by atoms with Gasteiger partial charge in [0.1, 0.15) is 0 Å². The monoisotopic (exact) mass is 242 g/mol. The maximum Gasteiger partial charge on any atom is 0.171 e. The van der Waals surface area contributed by atoms with E-state index in [-0.39, 0.29) is 0 Å². The van der Waals surface area contributed by atoms with E-state index in [4.69, 9.17) is 17.0 Å². The van der Waals surface area contributed by atoms with Crippen molar-refractivity contribution in [2.45, 2.75) is 26.4 Å². The first-order valence-electron chi connectivity index (χ1n) is 5.20. The second-order valence-electron chi connectivity index (χ2n) is 3.74. The van der Waals surface area contributed by atoms with Gasteiger partial charge in [-0.15, -0.1) is 0 Å². The number of hydrogen-bond donors (Lipinski definition) is 2. The largest absolute Gasteiger partial charge is 0.383 e. The molecular formula is C10H18N4OS. The predicted molar refractivity (Wildman–Crippen MR) is 68.6 cm³/mol. The maximum absolute atomic E-state index is 5.13. The predicted octanol–water partition coefficient (Wildman–Crippen LogP) is 1.22. The summed E-state index contributed by atoms with van der Waals surface area (Å²) in [6.07, 6.45) is 3.64. The van der Waals surface area contributed by atoms with Crippen molar-refractivity contribution >= 4 is 23.0 Å². The Morgan fingerprint density at radius 3 is 3.00 bits per heavy atom. The van der Waals surface area contributed by atoms with E-state index in [1.165, 1.54) is 0 Å². The molecule has 5 nitrogen and oxygen atoms in total. The lowest BCUT2D eigenvalue weighted by atomic mass is 10.4. The second-order valence-corrected chi connectivity index (χ2v) is 4.15. The molecule has 0 unspecified atom stereocenters. The zero-order valence-corrected chi connectivity index (χ0v) is 10.7. The van der Waals surface area contributed by atoms with Crippen LogP contribution in [0.1, 0.15) is 13.8 Å². The molecule has 0 saturated heterocycles. The Morgan fingerprint density at radius 2 is 2.38 bits per heavy atom. The molecule has 0 fully saturated rings. The van der Waals surface area contributed by atoms with Gasteiger partial charge in [-0.1, -0.05) is 0 Å². The van der Waals surface area contributed by atoms with Gasteiger partial charge in [-0.3, -0.25) is 4.68 Å². The summed E-state index contributed by atoms with van der Waals surface area (Å²) in [4.78, 5) is 0. The molecule has 1 rings (SSSR count). The molecule has 0 aromatic carbocycles. The van der Waals surface area contributed by atoms with Crippen LogP contribution in [0.3, 0.4) is 0 Å². The standard InChI is InChI=1S/C10H18N4OS/c1-8(2)12-10(16)13-9-6-11-14(7-9)4-5-15-3/h6-8H,4-5H2,1-3H3,(H2,12,13,16). The summed E-state index contributed by atoms with van der Waals surface area (Å²) >= 11 is 5.13. The molecule has 0 aliphatic heterocycles. The fraction of sp³-hybridized carbons (Fsp3) is 0.600. The zero-order chi connectivity index (χ0) is 12.0. The van der Waals surface area contributed by atoms with Gasteiger partial charge in [0, 0.05) is 19.3 Å². The molecule has 0 spiro atoms. The highest BCUT2D eigenvalue weighted by Gasteiger charge is 2.01. The molecular weight excluding hydrogens is 224 g/mol. The summed E-state index contributed by atoms with van der Waals surface area (Å²) in [6.45, 7) is 5.46. The third-order valence-corrected chi connectivity index (χ3v) is 2.06. The Kier molecular flexibility index (Phi) is 5.21. The van der Waals surface area contributed by atoms with Crippen molar-refractivity contribution in [1.82, 2.24) is 15.1 Å². The number of nitrogens with zero attached hydrogens (tertiary/aromatic N) is 2.